The highest BCUT2D eigenvalue weighted by Crippen LogP contribution is 2.14. The second-order valence-electron chi connectivity index (χ2n) is 4.66. The number of rotatable bonds is 8. The summed E-state index contributed by atoms with van der Waals surface area (Å²) in [5, 5.41) is 6.64. The molecule has 1 aromatic heterocycles. The number of nitrogens with one attached hydrogen (secondary N) is 2. The molecule has 1 rings (SSSR count). The molecule has 0 radical (unpaired) electrons. The van der Waals surface area contributed by atoms with Gasteiger partial charge in [0.05, 0.1) is 13.2 Å². The molecule has 20 heavy (non-hydrogen) atoms. The van der Waals surface area contributed by atoms with Gasteiger partial charge in [0, 0.05) is 43.5 Å². The average molecular weight is 298 g/mol. The molecule has 0 saturated heterocycles. The van der Waals surface area contributed by atoms with Gasteiger partial charge in [-0.1, -0.05) is 0 Å². The zero-order valence-electron chi connectivity index (χ0n) is 12.9. The highest BCUT2D eigenvalue weighted by molar-refractivity contribution is 7.11. The first-order chi connectivity index (χ1) is 9.65. The third-order valence-electron chi connectivity index (χ3n) is 2.91. The van der Waals surface area contributed by atoms with Crippen molar-refractivity contribution in [3.8, 4) is 0 Å². The standard InChI is InChI=1S/C14H26N4OS/c1-12-5-6-13(20-12)11-17-14(15-2)16-7-8-18(3)9-10-19-4/h5-6H,7-11H2,1-4H3,(H2,15,16,17). The molecule has 1 heterocycles. The predicted octanol–water partition coefficient (Wildman–Crippen LogP) is 1.30. The molecule has 0 aliphatic carbocycles. The summed E-state index contributed by atoms with van der Waals surface area (Å²) in [5.74, 6) is 0.844. The number of hydrogen-bond acceptors (Lipinski definition) is 4. The highest BCUT2D eigenvalue weighted by Gasteiger charge is 2.01. The number of hydrogen-bond donors (Lipinski definition) is 2. The van der Waals surface area contributed by atoms with Gasteiger partial charge in [-0.05, 0) is 26.1 Å². The normalized spacial score (nSPS) is 11.9. The van der Waals surface area contributed by atoms with Crippen molar-refractivity contribution >= 4 is 17.3 Å². The summed E-state index contributed by atoms with van der Waals surface area (Å²) in [6, 6.07) is 4.29. The average Bonchev–Trinajstić information content (AvgIpc) is 2.86. The highest BCUT2D eigenvalue weighted by atomic mass is 32.1. The molecule has 6 heteroatoms. The summed E-state index contributed by atoms with van der Waals surface area (Å²) in [5.41, 5.74) is 0. The van der Waals surface area contributed by atoms with Crippen LogP contribution in [0.15, 0.2) is 17.1 Å². The van der Waals surface area contributed by atoms with Gasteiger partial charge in [-0.15, -0.1) is 11.3 Å². The van der Waals surface area contributed by atoms with Crippen molar-refractivity contribution in [3.05, 3.63) is 21.9 Å². The van der Waals surface area contributed by atoms with Gasteiger partial charge < -0.3 is 20.3 Å². The van der Waals surface area contributed by atoms with Crippen LogP contribution in [0.25, 0.3) is 0 Å². The maximum atomic E-state index is 5.05. The van der Waals surface area contributed by atoms with Gasteiger partial charge in [0.2, 0.25) is 0 Å². The Morgan fingerprint density at radius 1 is 1.35 bits per heavy atom. The number of thiophene rings is 1. The lowest BCUT2D eigenvalue weighted by Crippen LogP contribution is -2.40. The van der Waals surface area contributed by atoms with Crippen LogP contribution in [0.1, 0.15) is 9.75 Å². The molecule has 2 N–H and O–H groups in total. The Balaban J connectivity index is 2.20. The lowest BCUT2D eigenvalue weighted by Gasteiger charge is -2.17. The minimum Gasteiger partial charge on any atom is -0.383 e. The summed E-state index contributed by atoms with van der Waals surface area (Å²) in [7, 11) is 5.61. The van der Waals surface area contributed by atoms with Crippen molar-refractivity contribution in [2.24, 2.45) is 4.99 Å². The lowest BCUT2D eigenvalue weighted by atomic mass is 10.4. The summed E-state index contributed by atoms with van der Waals surface area (Å²) in [6.07, 6.45) is 0. The van der Waals surface area contributed by atoms with E-state index in [1.807, 2.05) is 11.3 Å². The Labute approximate surface area is 126 Å². The van der Waals surface area contributed by atoms with Crippen LogP contribution >= 0.6 is 11.3 Å². The fraction of sp³-hybridized carbons (Fsp3) is 0.643. The molecule has 5 nitrogen and oxygen atoms in total. The summed E-state index contributed by atoms with van der Waals surface area (Å²) in [4.78, 5) is 9.11. The van der Waals surface area contributed by atoms with E-state index in [2.05, 4.69) is 46.6 Å². The van der Waals surface area contributed by atoms with E-state index in [1.54, 1.807) is 14.2 Å². The van der Waals surface area contributed by atoms with Crippen molar-refractivity contribution in [3.63, 3.8) is 0 Å². The zero-order valence-corrected chi connectivity index (χ0v) is 13.7. The van der Waals surface area contributed by atoms with E-state index in [1.165, 1.54) is 9.75 Å². The van der Waals surface area contributed by atoms with Crippen LogP contribution in [-0.4, -0.2) is 58.3 Å². The van der Waals surface area contributed by atoms with Gasteiger partial charge in [0.15, 0.2) is 5.96 Å². The fourth-order valence-corrected chi connectivity index (χ4v) is 2.53. The SMILES string of the molecule is CN=C(NCCN(C)CCOC)NCc1ccc(C)s1. The third kappa shape index (κ3) is 6.88. The van der Waals surface area contributed by atoms with Crippen LogP contribution in [0.4, 0.5) is 0 Å². The molecule has 0 atom stereocenters. The Morgan fingerprint density at radius 3 is 2.75 bits per heavy atom. The Kier molecular flexibility index (Phi) is 8.25. The molecule has 0 fully saturated rings. The molecule has 0 unspecified atom stereocenters. The molecule has 0 aromatic carbocycles. The van der Waals surface area contributed by atoms with Gasteiger partial charge in [-0.25, -0.2) is 0 Å². The molecule has 0 aliphatic heterocycles. The second-order valence-corrected chi connectivity index (χ2v) is 6.03. The van der Waals surface area contributed by atoms with E-state index in [0.717, 1.165) is 38.7 Å². The van der Waals surface area contributed by atoms with Gasteiger partial charge in [-0.3, -0.25) is 4.99 Å². The van der Waals surface area contributed by atoms with Crippen molar-refractivity contribution in [1.82, 2.24) is 15.5 Å². The first kappa shape index (κ1) is 16.9. The number of methoxy groups -OCH3 is 1. The third-order valence-corrected chi connectivity index (χ3v) is 3.91. The molecule has 0 saturated carbocycles. The molecule has 114 valence electrons. The van der Waals surface area contributed by atoms with Gasteiger partial charge in [-0.2, -0.15) is 0 Å². The minimum atomic E-state index is 0.765. The molecule has 0 amide bonds. The molecule has 0 aliphatic rings. The van der Waals surface area contributed by atoms with E-state index in [0.29, 0.717) is 0 Å². The molecule has 1 aromatic rings. The van der Waals surface area contributed by atoms with E-state index in [4.69, 9.17) is 4.74 Å². The second kappa shape index (κ2) is 9.74. The lowest BCUT2D eigenvalue weighted by molar-refractivity contribution is 0.162. The van der Waals surface area contributed by atoms with E-state index >= 15 is 0 Å². The smallest absolute Gasteiger partial charge is 0.191 e. The molecule has 0 spiro atoms. The van der Waals surface area contributed by atoms with Crippen molar-refractivity contribution in [2.45, 2.75) is 13.5 Å². The number of aliphatic imine (C=N–C) groups is 1. The van der Waals surface area contributed by atoms with Crippen LogP contribution in [0, 0.1) is 6.92 Å². The molecular formula is C14H26N4OS. The predicted molar refractivity (Wildman–Crippen MR) is 86.6 cm³/mol. The van der Waals surface area contributed by atoms with E-state index in [9.17, 15) is 0 Å². The zero-order chi connectivity index (χ0) is 14.8. The number of nitrogens with zero attached hydrogens (tertiary/aromatic N) is 2. The van der Waals surface area contributed by atoms with E-state index < -0.39 is 0 Å². The Hall–Kier alpha value is -1.11. The monoisotopic (exact) mass is 298 g/mol. The van der Waals surface area contributed by atoms with Crippen LogP contribution < -0.4 is 10.6 Å². The minimum absolute atomic E-state index is 0.765. The number of ether oxygens (including phenoxy) is 1. The summed E-state index contributed by atoms with van der Waals surface area (Å²) < 4.78 is 5.05. The molecular weight excluding hydrogens is 272 g/mol. The maximum Gasteiger partial charge on any atom is 0.191 e. The van der Waals surface area contributed by atoms with Crippen LogP contribution in [0.2, 0.25) is 0 Å². The number of aryl methyl sites for hydroxylation is 1. The summed E-state index contributed by atoms with van der Waals surface area (Å²) >= 11 is 1.81. The maximum absolute atomic E-state index is 5.05. The van der Waals surface area contributed by atoms with Crippen LogP contribution in [-0.2, 0) is 11.3 Å². The molecule has 0 bridgehead atoms. The quantitative estimate of drug-likeness (QED) is 0.561. The first-order valence-corrected chi connectivity index (χ1v) is 7.64. The van der Waals surface area contributed by atoms with E-state index in [-0.39, 0.29) is 0 Å². The number of likely N-dealkylation sites (N-methyl/N-ethyl adjacent to an activating group) is 1. The fourth-order valence-electron chi connectivity index (χ4n) is 1.70. The van der Waals surface area contributed by atoms with Crippen molar-refractivity contribution in [1.29, 1.82) is 0 Å². The Morgan fingerprint density at radius 2 is 2.15 bits per heavy atom. The van der Waals surface area contributed by atoms with Crippen LogP contribution in [0.3, 0.4) is 0 Å². The van der Waals surface area contributed by atoms with Gasteiger partial charge >= 0.3 is 0 Å². The van der Waals surface area contributed by atoms with Crippen molar-refractivity contribution < 1.29 is 4.74 Å². The number of guanidine groups is 1. The van der Waals surface area contributed by atoms with Gasteiger partial charge in [0.25, 0.3) is 0 Å². The first-order valence-electron chi connectivity index (χ1n) is 6.83. The topological polar surface area (TPSA) is 48.9 Å². The van der Waals surface area contributed by atoms with Crippen LogP contribution in [0.5, 0.6) is 0 Å². The van der Waals surface area contributed by atoms with Crippen molar-refractivity contribution in [2.75, 3.05) is 47.4 Å². The summed E-state index contributed by atoms with van der Waals surface area (Å²) in [6.45, 7) is 6.47. The van der Waals surface area contributed by atoms with Gasteiger partial charge in [0.1, 0.15) is 0 Å². The Bertz CT molecular complexity index is 406. The largest absolute Gasteiger partial charge is 0.383 e.